The SMILES string of the molecule is CC[C@H](C)[C@H](OCc1ccccc1)[C@H]1[C@H]([N+](=O)[O-])[C@H](c2ccccc2)N[C@@H]1C(=O)NCCCC(=O)OC. The Labute approximate surface area is 218 Å². The largest absolute Gasteiger partial charge is 0.469 e. The van der Waals surface area contributed by atoms with Crippen LogP contribution in [0.3, 0.4) is 0 Å². The summed E-state index contributed by atoms with van der Waals surface area (Å²) in [5.74, 6) is -1.42. The van der Waals surface area contributed by atoms with Gasteiger partial charge in [0.25, 0.3) is 0 Å². The van der Waals surface area contributed by atoms with Gasteiger partial charge in [-0.2, -0.15) is 0 Å². The van der Waals surface area contributed by atoms with Gasteiger partial charge in [0.05, 0.1) is 31.8 Å². The first-order valence-corrected chi connectivity index (χ1v) is 12.8. The Morgan fingerprint density at radius 3 is 2.35 bits per heavy atom. The van der Waals surface area contributed by atoms with Gasteiger partial charge in [-0.05, 0) is 23.5 Å². The van der Waals surface area contributed by atoms with E-state index in [-0.39, 0.29) is 35.7 Å². The van der Waals surface area contributed by atoms with Crippen LogP contribution in [0.1, 0.15) is 50.3 Å². The number of nitrogens with one attached hydrogen (secondary N) is 2. The number of esters is 1. The van der Waals surface area contributed by atoms with Crippen LogP contribution in [0.5, 0.6) is 0 Å². The van der Waals surface area contributed by atoms with Crippen LogP contribution >= 0.6 is 0 Å². The van der Waals surface area contributed by atoms with Crippen molar-refractivity contribution < 1.29 is 24.0 Å². The molecule has 3 rings (SSSR count). The van der Waals surface area contributed by atoms with E-state index in [0.29, 0.717) is 13.0 Å². The lowest BCUT2D eigenvalue weighted by Crippen LogP contribution is -2.51. The number of hydrogen-bond donors (Lipinski definition) is 2. The minimum Gasteiger partial charge on any atom is -0.469 e. The van der Waals surface area contributed by atoms with E-state index in [0.717, 1.165) is 17.5 Å². The highest BCUT2D eigenvalue weighted by atomic mass is 16.6. The minimum atomic E-state index is -1.07. The summed E-state index contributed by atoms with van der Waals surface area (Å²) >= 11 is 0. The fraction of sp³-hybridized carbons (Fsp3) is 0.500. The van der Waals surface area contributed by atoms with Crippen molar-refractivity contribution in [2.75, 3.05) is 13.7 Å². The Morgan fingerprint density at radius 2 is 1.76 bits per heavy atom. The highest BCUT2D eigenvalue weighted by Gasteiger charge is 2.57. The number of methoxy groups -OCH3 is 1. The van der Waals surface area contributed by atoms with Gasteiger partial charge in [0.15, 0.2) is 0 Å². The summed E-state index contributed by atoms with van der Waals surface area (Å²) in [4.78, 5) is 37.1. The first-order valence-electron chi connectivity index (χ1n) is 12.8. The van der Waals surface area contributed by atoms with Gasteiger partial charge in [0, 0.05) is 17.9 Å². The van der Waals surface area contributed by atoms with Crippen LogP contribution < -0.4 is 10.6 Å². The standard InChI is InChI=1S/C28H37N3O6/c1-4-19(2)27(37-18-20-12-7-5-8-13-20)23-25(28(33)29-17-11-16-22(32)36-3)30-24(26(23)31(34)35)21-14-9-6-10-15-21/h5-10,12-15,19,23-27,30H,4,11,16-18H2,1-3H3,(H,29,33)/t19-,23+,24-,25-,26-,27-/m0/s1. The topological polar surface area (TPSA) is 120 Å². The third-order valence-corrected chi connectivity index (χ3v) is 7.12. The molecule has 1 amide bonds. The molecule has 2 aromatic carbocycles. The number of nitro groups is 1. The molecule has 0 aliphatic carbocycles. The molecule has 1 saturated heterocycles. The first kappa shape index (κ1) is 28.3. The van der Waals surface area contributed by atoms with Crippen LogP contribution in [0.2, 0.25) is 0 Å². The summed E-state index contributed by atoms with van der Waals surface area (Å²) in [6.07, 6.45) is 0.797. The Kier molecular flexibility index (Phi) is 10.6. The van der Waals surface area contributed by atoms with E-state index in [1.165, 1.54) is 7.11 Å². The van der Waals surface area contributed by atoms with E-state index in [2.05, 4.69) is 15.4 Å². The number of carbonyl (C=O) groups is 2. The van der Waals surface area contributed by atoms with Gasteiger partial charge in [-0.25, -0.2) is 0 Å². The molecule has 0 unspecified atom stereocenters. The summed E-state index contributed by atoms with van der Waals surface area (Å²) in [5.41, 5.74) is 1.71. The van der Waals surface area contributed by atoms with Gasteiger partial charge >= 0.3 is 5.97 Å². The molecule has 0 aromatic heterocycles. The van der Waals surface area contributed by atoms with E-state index < -0.39 is 30.1 Å². The molecule has 0 saturated carbocycles. The maximum atomic E-state index is 13.4. The smallest absolute Gasteiger partial charge is 0.305 e. The van der Waals surface area contributed by atoms with Crippen molar-refractivity contribution in [3.63, 3.8) is 0 Å². The van der Waals surface area contributed by atoms with Crippen molar-refractivity contribution in [2.45, 2.75) is 63.9 Å². The zero-order valence-electron chi connectivity index (χ0n) is 21.7. The molecule has 2 N–H and O–H groups in total. The predicted molar refractivity (Wildman–Crippen MR) is 139 cm³/mol. The molecule has 2 aromatic rings. The number of hydrogen-bond acceptors (Lipinski definition) is 7. The quantitative estimate of drug-likeness (QED) is 0.182. The molecule has 1 aliphatic heterocycles. The number of nitrogens with zero attached hydrogens (tertiary/aromatic N) is 1. The molecule has 1 fully saturated rings. The van der Waals surface area contributed by atoms with Gasteiger partial charge in [-0.15, -0.1) is 0 Å². The highest BCUT2D eigenvalue weighted by Crippen LogP contribution is 2.39. The number of benzene rings is 2. The number of rotatable bonds is 13. The van der Waals surface area contributed by atoms with Crippen molar-refractivity contribution in [2.24, 2.45) is 11.8 Å². The molecule has 1 heterocycles. The predicted octanol–water partition coefficient (Wildman–Crippen LogP) is 3.66. The van der Waals surface area contributed by atoms with Gasteiger partial charge in [-0.1, -0.05) is 80.9 Å². The molecule has 6 atom stereocenters. The Bertz CT molecular complexity index is 1020. The second kappa shape index (κ2) is 13.9. The molecular formula is C28H37N3O6. The molecule has 200 valence electrons. The van der Waals surface area contributed by atoms with E-state index in [1.807, 2.05) is 74.5 Å². The summed E-state index contributed by atoms with van der Waals surface area (Å²) in [5, 5.41) is 18.7. The van der Waals surface area contributed by atoms with Gasteiger partial charge in [0.2, 0.25) is 11.9 Å². The van der Waals surface area contributed by atoms with Gasteiger partial charge < -0.3 is 14.8 Å². The van der Waals surface area contributed by atoms with Crippen LogP contribution in [-0.4, -0.2) is 48.6 Å². The Morgan fingerprint density at radius 1 is 1.11 bits per heavy atom. The lowest BCUT2D eigenvalue weighted by atomic mass is 9.80. The second-order valence-corrected chi connectivity index (χ2v) is 9.50. The molecule has 9 nitrogen and oxygen atoms in total. The number of ether oxygens (including phenoxy) is 2. The minimum absolute atomic E-state index is 0.0258. The van der Waals surface area contributed by atoms with Gasteiger partial charge in [0.1, 0.15) is 6.04 Å². The zero-order chi connectivity index (χ0) is 26.8. The van der Waals surface area contributed by atoms with E-state index in [4.69, 9.17) is 4.74 Å². The third kappa shape index (κ3) is 7.36. The van der Waals surface area contributed by atoms with Crippen molar-refractivity contribution in [3.8, 4) is 0 Å². The monoisotopic (exact) mass is 511 g/mol. The van der Waals surface area contributed by atoms with Crippen molar-refractivity contribution in [3.05, 3.63) is 81.9 Å². The van der Waals surface area contributed by atoms with Crippen molar-refractivity contribution in [1.82, 2.24) is 10.6 Å². The zero-order valence-corrected chi connectivity index (χ0v) is 21.7. The number of amides is 1. The third-order valence-electron chi connectivity index (χ3n) is 7.12. The van der Waals surface area contributed by atoms with Crippen LogP contribution in [-0.2, 0) is 25.7 Å². The van der Waals surface area contributed by atoms with Crippen molar-refractivity contribution in [1.29, 1.82) is 0 Å². The van der Waals surface area contributed by atoms with Gasteiger partial charge in [-0.3, -0.25) is 25.0 Å². The Balaban J connectivity index is 1.91. The van der Waals surface area contributed by atoms with Crippen LogP contribution in [0.25, 0.3) is 0 Å². The highest BCUT2D eigenvalue weighted by molar-refractivity contribution is 5.83. The normalized spacial score (nSPS) is 22.7. The summed E-state index contributed by atoms with van der Waals surface area (Å²) in [7, 11) is 1.32. The summed E-state index contributed by atoms with van der Waals surface area (Å²) in [6.45, 7) is 4.58. The molecular weight excluding hydrogens is 474 g/mol. The average molecular weight is 512 g/mol. The fourth-order valence-electron chi connectivity index (χ4n) is 4.98. The van der Waals surface area contributed by atoms with Crippen LogP contribution in [0.15, 0.2) is 60.7 Å². The molecule has 0 radical (unpaired) electrons. The molecule has 37 heavy (non-hydrogen) atoms. The van der Waals surface area contributed by atoms with E-state index >= 15 is 0 Å². The average Bonchev–Trinajstić information content (AvgIpc) is 3.32. The first-order chi connectivity index (χ1) is 17.9. The van der Waals surface area contributed by atoms with Crippen molar-refractivity contribution >= 4 is 11.9 Å². The Hall–Kier alpha value is -3.30. The number of carbonyl (C=O) groups excluding carboxylic acids is 2. The maximum Gasteiger partial charge on any atom is 0.305 e. The lowest BCUT2D eigenvalue weighted by molar-refractivity contribution is -0.535. The summed E-state index contributed by atoms with van der Waals surface area (Å²) < 4.78 is 11.1. The van der Waals surface area contributed by atoms with E-state index in [9.17, 15) is 19.7 Å². The molecule has 0 bridgehead atoms. The second-order valence-electron chi connectivity index (χ2n) is 9.50. The van der Waals surface area contributed by atoms with E-state index in [1.54, 1.807) is 0 Å². The lowest BCUT2D eigenvalue weighted by Gasteiger charge is -2.32. The fourth-order valence-corrected chi connectivity index (χ4v) is 4.98. The van der Waals surface area contributed by atoms with Crippen LogP contribution in [0, 0.1) is 22.0 Å². The van der Waals surface area contributed by atoms with Crippen LogP contribution in [0.4, 0.5) is 0 Å². The maximum absolute atomic E-state index is 13.4. The molecule has 9 heteroatoms. The molecule has 1 aliphatic rings. The summed E-state index contributed by atoms with van der Waals surface area (Å²) in [6, 6.07) is 16.3. The molecule has 0 spiro atoms.